The number of aromatic nitrogens is 1. The van der Waals surface area contributed by atoms with Crippen LogP contribution in [0.15, 0.2) is 42.6 Å². The van der Waals surface area contributed by atoms with Gasteiger partial charge in [-0.1, -0.05) is 30.3 Å². The highest BCUT2D eigenvalue weighted by molar-refractivity contribution is 5.50. The minimum absolute atomic E-state index is 0.0897. The molecule has 0 bridgehead atoms. The zero-order valence-electron chi connectivity index (χ0n) is 11.8. The van der Waals surface area contributed by atoms with Crippen molar-refractivity contribution in [1.29, 1.82) is 0 Å². The Bertz CT molecular complexity index is 543. The van der Waals surface area contributed by atoms with Crippen LogP contribution < -0.4 is 10.6 Å². The molecule has 3 N–H and O–H groups in total. The highest BCUT2D eigenvalue weighted by Gasteiger charge is 2.13. The maximum atomic E-state index is 9.31. The smallest absolute Gasteiger partial charge is 0.133 e. The maximum absolute atomic E-state index is 9.31. The lowest BCUT2D eigenvalue weighted by atomic mass is 10.1. The first-order valence-corrected chi connectivity index (χ1v) is 6.80. The summed E-state index contributed by atoms with van der Waals surface area (Å²) in [6, 6.07) is 12.1. The molecule has 106 valence electrons. The van der Waals surface area contributed by atoms with E-state index < -0.39 is 0 Å². The van der Waals surface area contributed by atoms with Crippen molar-refractivity contribution in [3.63, 3.8) is 0 Å². The zero-order valence-corrected chi connectivity index (χ0v) is 11.8. The summed E-state index contributed by atoms with van der Waals surface area (Å²) in [5.74, 6) is 0.866. The normalized spacial score (nSPS) is 10.6. The van der Waals surface area contributed by atoms with Gasteiger partial charge in [-0.05, 0) is 24.1 Å². The molecule has 0 unspecified atom stereocenters. The Kier molecular flexibility index (Phi) is 5.09. The molecule has 0 aliphatic heterocycles. The summed E-state index contributed by atoms with van der Waals surface area (Å²) in [5.41, 5.74) is 9.21. The third kappa shape index (κ3) is 3.35. The molecular weight excluding hydrogens is 250 g/mol. The predicted molar refractivity (Wildman–Crippen MR) is 81.4 cm³/mol. The van der Waals surface area contributed by atoms with Gasteiger partial charge >= 0.3 is 0 Å². The molecule has 4 heteroatoms. The standard InChI is InChI=1S/C16H21N3O/c1-13-7-8-18-16(15(13)11-17)19(9-10-20)12-14-5-3-2-4-6-14/h2-8,20H,9-12,17H2,1H3. The highest BCUT2D eigenvalue weighted by atomic mass is 16.3. The van der Waals surface area contributed by atoms with Crippen LogP contribution in [0.2, 0.25) is 0 Å². The average molecular weight is 271 g/mol. The average Bonchev–Trinajstić information content (AvgIpc) is 2.47. The van der Waals surface area contributed by atoms with Gasteiger partial charge in [0.05, 0.1) is 6.61 Å². The first kappa shape index (κ1) is 14.5. The Morgan fingerprint density at radius 1 is 1.20 bits per heavy atom. The van der Waals surface area contributed by atoms with Crippen LogP contribution in [0.25, 0.3) is 0 Å². The number of benzene rings is 1. The van der Waals surface area contributed by atoms with Crippen molar-refractivity contribution in [1.82, 2.24) is 4.98 Å². The van der Waals surface area contributed by atoms with E-state index >= 15 is 0 Å². The van der Waals surface area contributed by atoms with E-state index in [2.05, 4.69) is 22.0 Å². The van der Waals surface area contributed by atoms with Gasteiger partial charge in [0.25, 0.3) is 0 Å². The zero-order chi connectivity index (χ0) is 14.4. The number of aliphatic hydroxyl groups excluding tert-OH is 1. The van der Waals surface area contributed by atoms with Gasteiger partial charge in [-0.2, -0.15) is 0 Å². The molecular formula is C16H21N3O. The van der Waals surface area contributed by atoms with Crippen molar-refractivity contribution in [3.05, 3.63) is 59.3 Å². The molecule has 2 aromatic rings. The van der Waals surface area contributed by atoms with Crippen molar-refractivity contribution in [2.75, 3.05) is 18.1 Å². The molecule has 0 radical (unpaired) electrons. The number of aryl methyl sites for hydroxylation is 1. The quantitative estimate of drug-likeness (QED) is 0.841. The minimum Gasteiger partial charge on any atom is -0.395 e. The van der Waals surface area contributed by atoms with Crippen molar-refractivity contribution in [2.45, 2.75) is 20.0 Å². The maximum Gasteiger partial charge on any atom is 0.133 e. The van der Waals surface area contributed by atoms with Gasteiger partial charge < -0.3 is 15.7 Å². The fraction of sp³-hybridized carbons (Fsp3) is 0.312. The summed E-state index contributed by atoms with van der Waals surface area (Å²) in [7, 11) is 0. The predicted octanol–water partition coefficient (Wildman–Crippen LogP) is 1.85. The van der Waals surface area contributed by atoms with Crippen LogP contribution in [0.3, 0.4) is 0 Å². The molecule has 4 nitrogen and oxygen atoms in total. The van der Waals surface area contributed by atoms with Crippen LogP contribution in [0.4, 0.5) is 5.82 Å². The number of nitrogens with zero attached hydrogens (tertiary/aromatic N) is 2. The number of anilines is 1. The molecule has 2 rings (SSSR count). The first-order valence-electron chi connectivity index (χ1n) is 6.80. The molecule has 20 heavy (non-hydrogen) atoms. The number of rotatable bonds is 6. The Hall–Kier alpha value is -1.91. The molecule has 0 aliphatic rings. The van der Waals surface area contributed by atoms with Crippen LogP contribution in [-0.4, -0.2) is 23.2 Å². The summed E-state index contributed by atoms with van der Waals surface area (Å²) in [4.78, 5) is 6.53. The van der Waals surface area contributed by atoms with E-state index in [4.69, 9.17) is 5.73 Å². The van der Waals surface area contributed by atoms with Crippen molar-refractivity contribution in [2.24, 2.45) is 5.73 Å². The summed E-state index contributed by atoms with van der Waals surface area (Å²) in [6.45, 7) is 3.83. The third-order valence-electron chi connectivity index (χ3n) is 3.36. The SMILES string of the molecule is Cc1ccnc(N(CCO)Cc2ccccc2)c1CN. The lowest BCUT2D eigenvalue weighted by Crippen LogP contribution is -2.28. The highest BCUT2D eigenvalue weighted by Crippen LogP contribution is 2.22. The first-order chi connectivity index (χ1) is 9.76. The molecule has 0 atom stereocenters. The lowest BCUT2D eigenvalue weighted by Gasteiger charge is -2.25. The monoisotopic (exact) mass is 271 g/mol. The van der Waals surface area contributed by atoms with Gasteiger partial charge in [0.15, 0.2) is 0 Å². The molecule has 0 aliphatic carbocycles. The van der Waals surface area contributed by atoms with Crippen molar-refractivity contribution < 1.29 is 5.11 Å². The van der Waals surface area contributed by atoms with Crippen LogP contribution in [0.1, 0.15) is 16.7 Å². The second-order valence-corrected chi connectivity index (χ2v) is 4.76. The lowest BCUT2D eigenvalue weighted by molar-refractivity contribution is 0.301. The van der Waals surface area contributed by atoms with Gasteiger partial charge in [0.1, 0.15) is 5.82 Å². The summed E-state index contributed by atoms with van der Waals surface area (Å²) >= 11 is 0. The molecule has 0 amide bonds. The molecule has 1 heterocycles. The fourth-order valence-corrected chi connectivity index (χ4v) is 2.28. The summed E-state index contributed by atoms with van der Waals surface area (Å²) in [5, 5.41) is 9.31. The van der Waals surface area contributed by atoms with Crippen LogP contribution in [-0.2, 0) is 13.1 Å². The van der Waals surface area contributed by atoms with E-state index in [0.29, 0.717) is 19.6 Å². The Morgan fingerprint density at radius 3 is 2.60 bits per heavy atom. The number of aliphatic hydroxyl groups is 1. The van der Waals surface area contributed by atoms with E-state index in [1.165, 1.54) is 5.56 Å². The number of hydrogen-bond acceptors (Lipinski definition) is 4. The van der Waals surface area contributed by atoms with Crippen LogP contribution in [0, 0.1) is 6.92 Å². The van der Waals surface area contributed by atoms with E-state index in [9.17, 15) is 5.11 Å². The fourth-order valence-electron chi connectivity index (χ4n) is 2.28. The molecule has 0 saturated carbocycles. The van der Waals surface area contributed by atoms with Crippen LogP contribution in [0.5, 0.6) is 0 Å². The van der Waals surface area contributed by atoms with Crippen LogP contribution >= 0.6 is 0 Å². The van der Waals surface area contributed by atoms with Gasteiger partial charge in [-0.25, -0.2) is 4.98 Å². The van der Waals surface area contributed by atoms with Gasteiger partial charge in [0.2, 0.25) is 0 Å². The molecule has 0 fully saturated rings. The molecule has 0 saturated heterocycles. The Balaban J connectivity index is 2.31. The second-order valence-electron chi connectivity index (χ2n) is 4.76. The number of nitrogens with two attached hydrogens (primary N) is 1. The Morgan fingerprint density at radius 2 is 1.95 bits per heavy atom. The topological polar surface area (TPSA) is 62.4 Å². The number of hydrogen-bond donors (Lipinski definition) is 2. The third-order valence-corrected chi connectivity index (χ3v) is 3.36. The molecule has 0 spiro atoms. The molecule has 1 aromatic heterocycles. The summed E-state index contributed by atoms with van der Waals surface area (Å²) in [6.07, 6.45) is 1.79. The summed E-state index contributed by atoms with van der Waals surface area (Å²) < 4.78 is 0. The van der Waals surface area contributed by atoms with E-state index in [1.807, 2.05) is 31.2 Å². The van der Waals surface area contributed by atoms with Gasteiger partial charge in [0, 0.05) is 31.4 Å². The second kappa shape index (κ2) is 7.03. The van der Waals surface area contributed by atoms with Crippen molar-refractivity contribution >= 4 is 5.82 Å². The van der Waals surface area contributed by atoms with Gasteiger partial charge in [-0.3, -0.25) is 0 Å². The Labute approximate surface area is 119 Å². The van der Waals surface area contributed by atoms with Crippen molar-refractivity contribution in [3.8, 4) is 0 Å². The van der Waals surface area contributed by atoms with Gasteiger partial charge in [-0.15, -0.1) is 0 Å². The minimum atomic E-state index is 0.0897. The van der Waals surface area contributed by atoms with E-state index in [0.717, 1.165) is 16.9 Å². The molecule has 1 aromatic carbocycles. The van der Waals surface area contributed by atoms with E-state index in [1.54, 1.807) is 6.20 Å². The largest absolute Gasteiger partial charge is 0.395 e. The number of pyridine rings is 1. The van der Waals surface area contributed by atoms with E-state index in [-0.39, 0.29) is 6.61 Å².